The number of rotatable bonds is 5. The average molecular weight is 273 g/mol. The van der Waals surface area contributed by atoms with Gasteiger partial charge in [0.2, 0.25) is 0 Å². The molecule has 19 heavy (non-hydrogen) atoms. The monoisotopic (exact) mass is 273 g/mol. The minimum Gasteiger partial charge on any atom is -0.480 e. The zero-order valence-corrected chi connectivity index (χ0v) is 11.2. The van der Waals surface area contributed by atoms with E-state index in [0.29, 0.717) is 0 Å². The van der Waals surface area contributed by atoms with E-state index in [1.807, 2.05) is 60.7 Å². The van der Waals surface area contributed by atoms with Crippen LogP contribution in [0, 0.1) is 0 Å². The van der Waals surface area contributed by atoms with E-state index in [0.717, 1.165) is 11.4 Å². The third-order valence-electron chi connectivity index (χ3n) is 2.84. The highest BCUT2D eigenvalue weighted by atomic mass is 32.1. The van der Waals surface area contributed by atoms with Crippen LogP contribution in [0.3, 0.4) is 0 Å². The van der Waals surface area contributed by atoms with Crippen molar-refractivity contribution in [1.82, 2.24) is 0 Å². The maximum absolute atomic E-state index is 11.4. The number of anilines is 2. The first-order valence-corrected chi connectivity index (χ1v) is 6.60. The Balaban J connectivity index is 2.48. The van der Waals surface area contributed by atoms with Gasteiger partial charge in [-0.05, 0) is 24.3 Å². The lowest BCUT2D eigenvalue weighted by molar-refractivity contribution is -0.137. The lowest BCUT2D eigenvalue weighted by atomic mass is 10.1. The first-order chi connectivity index (χ1) is 9.24. The summed E-state index contributed by atoms with van der Waals surface area (Å²) in [7, 11) is 0. The Morgan fingerprint density at radius 3 is 1.74 bits per heavy atom. The van der Waals surface area contributed by atoms with Gasteiger partial charge in [-0.3, -0.25) is 0 Å². The van der Waals surface area contributed by atoms with Crippen molar-refractivity contribution in [2.45, 2.75) is 6.04 Å². The van der Waals surface area contributed by atoms with Crippen molar-refractivity contribution < 1.29 is 9.90 Å². The largest absolute Gasteiger partial charge is 0.480 e. The maximum Gasteiger partial charge on any atom is 0.327 e. The molecule has 0 aliphatic heterocycles. The number of thiol groups is 1. The Bertz CT molecular complexity index is 491. The molecule has 2 aromatic rings. The zero-order valence-electron chi connectivity index (χ0n) is 10.3. The van der Waals surface area contributed by atoms with Crippen LogP contribution >= 0.6 is 12.6 Å². The molecule has 2 aromatic carbocycles. The second-order valence-electron chi connectivity index (χ2n) is 4.08. The number of hydrogen-bond acceptors (Lipinski definition) is 3. The second-order valence-corrected chi connectivity index (χ2v) is 4.44. The van der Waals surface area contributed by atoms with Crippen LogP contribution in [0.25, 0.3) is 0 Å². The number of benzene rings is 2. The summed E-state index contributed by atoms with van der Waals surface area (Å²) >= 11 is 4.17. The highest BCUT2D eigenvalue weighted by Crippen LogP contribution is 2.28. The van der Waals surface area contributed by atoms with E-state index in [-0.39, 0.29) is 5.75 Å². The lowest BCUT2D eigenvalue weighted by Gasteiger charge is -2.30. The molecule has 0 saturated heterocycles. The number of carboxylic acid groups (broad SMARTS) is 1. The quantitative estimate of drug-likeness (QED) is 0.822. The first-order valence-electron chi connectivity index (χ1n) is 5.97. The fraction of sp³-hybridized carbons (Fsp3) is 0.133. The summed E-state index contributed by atoms with van der Waals surface area (Å²) in [6, 6.07) is 18.3. The fourth-order valence-corrected chi connectivity index (χ4v) is 2.28. The van der Waals surface area contributed by atoms with Gasteiger partial charge in [0.1, 0.15) is 6.04 Å². The van der Waals surface area contributed by atoms with Gasteiger partial charge in [-0.1, -0.05) is 36.4 Å². The average Bonchev–Trinajstić information content (AvgIpc) is 2.46. The van der Waals surface area contributed by atoms with Gasteiger partial charge in [0, 0.05) is 17.1 Å². The van der Waals surface area contributed by atoms with E-state index in [1.165, 1.54) is 0 Å². The van der Waals surface area contributed by atoms with Crippen molar-refractivity contribution in [2.24, 2.45) is 0 Å². The first kappa shape index (κ1) is 13.5. The molecule has 0 spiro atoms. The molecule has 0 radical (unpaired) electrons. The van der Waals surface area contributed by atoms with E-state index in [1.54, 1.807) is 4.90 Å². The van der Waals surface area contributed by atoms with Crippen molar-refractivity contribution in [2.75, 3.05) is 10.7 Å². The van der Waals surface area contributed by atoms with Crippen LogP contribution in [-0.2, 0) is 4.79 Å². The Morgan fingerprint density at radius 1 is 1.00 bits per heavy atom. The van der Waals surface area contributed by atoms with Crippen LogP contribution in [0.1, 0.15) is 0 Å². The topological polar surface area (TPSA) is 40.5 Å². The Hall–Kier alpha value is -1.94. The molecular formula is C15H15NO2S. The van der Waals surface area contributed by atoms with Crippen molar-refractivity contribution in [3.8, 4) is 0 Å². The van der Waals surface area contributed by atoms with Crippen molar-refractivity contribution in [3.63, 3.8) is 0 Å². The van der Waals surface area contributed by atoms with Crippen LogP contribution in [0.2, 0.25) is 0 Å². The highest BCUT2D eigenvalue weighted by Gasteiger charge is 2.25. The Labute approximate surface area is 117 Å². The van der Waals surface area contributed by atoms with Crippen LogP contribution in [0.4, 0.5) is 11.4 Å². The SMILES string of the molecule is O=C(O)[C@H](CS)N(c1ccccc1)c1ccccc1. The Kier molecular flexibility index (Phi) is 4.47. The van der Waals surface area contributed by atoms with Gasteiger partial charge in [0.05, 0.1) is 0 Å². The zero-order chi connectivity index (χ0) is 13.7. The van der Waals surface area contributed by atoms with Crippen molar-refractivity contribution >= 4 is 30.0 Å². The maximum atomic E-state index is 11.4. The molecule has 1 N–H and O–H groups in total. The van der Waals surface area contributed by atoms with Crippen LogP contribution in [0.15, 0.2) is 60.7 Å². The molecule has 0 saturated carbocycles. The second kappa shape index (κ2) is 6.29. The van der Waals surface area contributed by atoms with Gasteiger partial charge in [0.25, 0.3) is 0 Å². The predicted octanol–water partition coefficient (Wildman–Crippen LogP) is 3.21. The summed E-state index contributed by atoms with van der Waals surface area (Å²) in [6.07, 6.45) is 0. The number of nitrogens with zero attached hydrogens (tertiary/aromatic N) is 1. The molecule has 0 aliphatic rings. The van der Waals surface area contributed by atoms with Gasteiger partial charge in [-0.2, -0.15) is 12.6 Å². The van der Waals surface area contributed by atoms with E-state index >= 15 is 0 Å². The normalized spacial score (nSPS) is 11.8. The third kappa shape index (κ3) is 3.09. The molecule has 0 unspecified atom stereocenters. The summed E-state index contributed by atoms with van der Waals surface area (Å²) in [6.45, 7) is 0. The molecule has 0 aromatic heterocycles. The smallest absolute Gasteiger partial charge is 0.327 e. The van der Waals surface area contributed by atoms with Gasteiger partial charge < -0.3 is 10.0 Å². The van der Waals surface area contributed by atoms with E-state index < -0.39 is 12.0 Å². The summed E-state index contributed by atoms with van der Waals surface area (Å²) < 4.78 is 0. The molecule has 0 amide bonds. The number of aliphatic carboxylic acids is 1. The third-order valence-corrected chi connectivity index (χ3v) is 3.18. The van der Waals surface area contributed by atoms with Gasteiger partial charge in [-0.15, -0.1) is 0 Å². The molecule has 1 atom stereocenters. The lowest BCUT2D eigenvalue weighted by Crippen LogP contribution is -2.39. The molecule has 98 valence electrons. The van der Waals surface area contributed by atoms with Crippen LogP contribution in [0.5, 0.6) is 0 Å². The van der Waals surface area contributed by atoms with E-state index in [9.17, 15) is 9.90 Å². The van der Waals surface area contributed by atoms with Gasteiger partial charge in [-0.25, -0.2) is 4.79 Å². The van der Waals surface area contributed by atoms with Crippen molar-refractivity contribution in [3.05, 3.63) is 60.7 Å². The van der Waals surface area contributed by atoms with E-state index in [4.69, 9.17) is 0 Å². The summed E-state index contributed by atoms with van der Waals surface area (Å²) in [5.74, 6) is -0.651. The number of hydrogen-bond donors (Lipinski definition) is 2. The van der Waals surface area contributed by atoms with Crippen molar-refractivity contribution in [1.29, 1.82) is 0 Å². The Morgan fingerprint density at radius 2 is 1.42 bits per heavy atom. The molecule has 0 fully saturated rings. The minimum absolute atomic E-state index is 0.235. The molecular weight excluding hydrogens is 258 g/mol. The van der Waals surface area contributed by atoms with E-state index in [2.05, 4.69) is 12.6 Å². The number of carboxylic acids is 1. The van der Waals surface area contributed by atoms with Gasteiger partial charge in [0.15, 0.2) is 0 Å². The molecule has 0 aliphatic carbocycles. The number of para-hydroxylation sites is 2. The molecule has 0 bridgehead atoms. The molecule has 2 rings (SSSR count). The van der Waals surface area contributed by atoms with Crippen LogP contribution in [-0.4, -0.2) is 22.9 Å². The highest BCUT2D eigenvalue weighted by molar-refractivity contribution is 7.80. The van der Waals surface area contributed by atoms with Gasteiger partial charge >= 0.3 is 5.97 Å². The summed E-state index contributed by atoms with van der Waals surface area (Å²) in [4.78, 5) is 13.2. The fourth-order valence-electron chi connectivity index (χ4n) is 1.96. The van der Waals surface area contributed by atoms with Crippen LogP contribution < -0.4 is 4.90 Å². The molecule has 4 heteroatoms. The molecule has 3 nitrogen and oxygen atoms in total. The standard InChI is InChI=1S/C15H15NO2S/c17-15(18)14(11-19)16(12-7-3-1-4-8-12)13-9-5-2-6-10-13/h1-10,14,19H,11H2,(H,17,18)/t14-/m0/s1. The molecule has 0 heterocycles. The summed E-state index contributed by atoms with van der Waals surface area (Å²) in [5, 5.41) is 9.38. The number of carbonyl (C=O) groups is 1. The summed E-state index contributed by atoms with van der Waals surface area (Å²) in [5.41, 5.74) is 1.69. The minimum atomic E-state index is -0.886. The predicted molar refractivity (Wildman–Crippen MR) is 80.3 cm³/mol.